The third-order valence-corrected chi connectivity index (χ3v) is 6.13. The van der Waals surface area contributed by atoms with Gasteiger partial charge in [0, 0.05) is 30.4 Å². The molecular formula is C23H24ClN5O3. The van der Waals surface area contributed by atoms with Crippen molar-refractivity contribution in [3.8, 4) is 5.75 Å². The number of benzene rings is 2. The van der Waals surface area contributed by atoms with Crippen LogP contribution in [-0.4, -0.2) is 52.8 Å². The summed E-state index contributed by atoms with van der Waals surface area (Å²) in [6.45, 7) is 8.72. The lowest BCUT2D eigenvalue weighted by Gasteiger charge is -2.37. The highest BCUT2D eigenvalue weighted by Crippen LogP contribution is 2.34. The van der Waals surface area contributed by atoms with Gasteiger partial charge in [-0.2, -0.15) is 0 Å². The first-order chi connectivity index (χ1) is 15.5. The largest absolute Gasteiger partial charge is 0.495 e. The fourth-order valence-electron chi connectivity index (χ4n) is 3.86. The third-order valence-electron chi connectivity index (χ3n) is 5.84. The van der Waals surface area contributed by atoms with E-state index < -0.39 is 5.60 Å². The van der Waals surface area contributed by atoms with Crippen LogP contribution in [0.2, 0.25) is 5.02 Å². The van der Waals surface area contributed by atoms with Gasteiger partial charge >= 0.3 is 0 Å². The van der Waals surface area contributed by atoms with Crippen LogP contribution in [0.15, 0.2) is 36.4 Å². The predicted molar refractivity (Wildman–Crippen MR) is 125 cm³/mol. The highest BCUT2D eigenvalue weighted by Gasteiger charge is 2.32. The van der Waals surface area contributed by atoms with E-state index >= 15 is 0 Å². The third kappa shape index (κ3) is 4.41. The van der Waals surface area contributed by atoms with Gasteiger partial charge in [-0.05, 0) is 36.6 Å². The highest BCUT2D eigenvalue weighted by molar-refractivity contribution is 6.32. The van der Waals surface area contributed by atoms with Crippen molar-refractivity contribution in [2.45, 2.75) is 25.0 Å². The highest BCUT2D eigenvalue weighted by atomic mass is 35.5. The Labute approximate surface area is 191 Å². The lowest BCUT2D eigenvalue weighted by Crippen LogP contribution is -2.47. The van der Waals surface area contributed by atoms with E-state index in [1.807, 2.05) is 24.3 Å². The molecule has 0 unspecified atom stereocenters. The SMILES string of the molecule is [C-]#[N+]c1ccc2c(N3CCC(O)(CO)CC3)nnc(NCc3ccc(OC)c(Cl)c3)c2c1. The van der Waals surface area contributed by atoms with Gasteiger partial charge in [0.05, 0.1) is 30.9 Å². The fraction of sp³-hybridized carbons (Fsp3) is 0.348. The zero-order valence-electron chi connectivity index (χ0n) is 17.7. The number of ether oxygens (including phenoxy) is 1. The second kappa shape index (κ2) is 9.17. The number of aliphatic hydroxyl groups is 2. The van der Waals surface area contributed by atoms with Crippen molar-refractivity contribution < 1.29 is 14.9 Å². The summed E-state index contributed by atoms with van der Waals surface area (Å²) >= 11 is 6.23. The van der Waals surface area contributed by atoms with E-state index in [2.05, 4.69) is 25.3 Å². The van der Waals surface area contributed by atoms with E-state index in [0.717, 1.165) is 16.3 Å². The van der Waals surface area contributed by atoms with Crippen LogP contribution in [0.25, 0.3) is 15.6 Å². The van der Waals surface area contributed by atoms with Gasteiger partial charge in [-0.25, -0.2) is 4.85 Å². The number of aliphatic hydroxyl groups excluding tert-OH is 1. The molecular weight excluding hydrogens is 430 g/mol. The lowest BCUT2D eigenvalue weighted by atomic mass is 9.92. The number of anilines is 2. The van der Waals surface area contributed by atoms with Crippen molar-refractivity contribution in [1.82, 2.24) is 10.2 Å². The summed E-state index contributed by atoms with van der Waals surface area (Å²) in [7, 11) is 1.57. The number of hydrogen-bond acceptors (Lipinski definition) is 7. The molecule has 0 bridgehead atoms. The number of halogens is 1. The molecule has 9 heteroatoms. The Morgan fingerprint density at radius 1 is 1.19 bits per heavy atom. The Hall–Kier alpha value is -3.12. The van der Waals surface area contributed by atoms with Crippen molar-refractivity contribution in [2.75, 3.05) is 37.0 Å². The fourth-order valence-corrected chi connectivity index (χ4v) is 4.14. The molecule has 8 nitrogen and oxygen atoms in total. The first kappa shape index (κ1) is 22.1. The number of methoxy groups -OCH3 is 1. The molecule has 1 aliphatic rings. The van der Waals surface area contributed by atoms with E-state index in [4.69, 9.17) is 22.9 Å². The van der Waals surface area contributed by atoms with Crippen molar-refractivity contribution in [2.24, 2.45) is 0 Å². The van der Waals surface area contributed by atoms with Crippen LogP contribution in [0.1, 0.15) is 18.4 Å². The number of nitrogens with one attached hydrogen (secondary N) is 1. The Bertz CT molecular complexity index is 1170. The van der Waals surface area contributed by atoms with E-state index in [1.165, 1.54) is 0 Å². The lowest BCUT2D eigenvalue weighted by molar-refractivity contribution is -0.0326. The van der Waals surface area contributed by atoms with Crippen molar-refractivity contribution in [3.05, 3.63) is 58.4 Å². The van der Waals surface area contributed by atoms with Crippen LogP contribution < -0.4 is 15.0 Å². The van der Waals surface area contributed by atoms with Crippen molar-refractivity contribution in [3.63, 3.8) is 0 Å². The first-order valence-corrected chi connectivity index (χ1v) is 10.7. The molecule has 0 radical (unpaired) electrons. The summed E-state index contributed by atoms with van der Waals surface area (Å²) in [6, 6.07) is 11.0. The summed E-state index contributed by atoms with van der Waals surface area (Å²) in [5, 5.41) is 34.1. The Morgan fingerprint density at radius 2 is 1.97 bits per heavy atom. The number of hydrogen-bond donors (Lipinski definition) is 3. The van der Waals surface area contributed by atoms with Gasteiger partial charge in [0.2, 0.25) is 0 Å². The average Bonchev–Trinajstić information content (AvgIpc) is 2.83. The molecule has 32 heavy (non-hydrogen) atoms. The maximum Gasteiger partial charge on any atom is 0.188 e. The van der Waals surface area contributed by atoms with Crippen LogP contribution >= 0.6 is 11.6 Å². The van der Waals surface area contributed by atoms with Gasteiger partial charge in [-0.1, -0.05) is 29.8 Å². The van der Waals surface area contributed by atoms with Crippen LogP contribution in [0.4, 0.5) is 17.3 Å². The van der Waals surface area contributed by atoms with E-state index in [0.29, 0.717) is 60.6 Å². The minimum Gasteiger partial charge on any atom is -0.495 e. The minimum atomic E-state index is -1.04. The maximum absolute atomic E-state index is 10.3. The number of fused-ring (bicyclic) bond motifs is 1. The molecule has 2 aromatic carbocycles. The smallest absolute Gasteiger partial charge is 0.188 e. The van der Waals surface area contributed by atoms with Crippen molar-refractivity contribution in [1.29, 1.82) is 0 Å². The van der Waals surface area contributed by atoms with Crippen molar-refractivity contribution >= 4 is 39.7 Å². The summed E-state index contributed by atoms with van der Waals surface area (Å²) < 4.78 is 5.20. The van der Waals surface area contributed by atoms with E-state index in [-0.39, 0.29) is 6.61 Å². The first-order valence-electron chi connectivity index (χ1n) is 10.3. The molecule has 1 saturated heterocycles. The summed E-state index contributed by atoms with van der Waals surface area (Å²) in [5.41, 5.74) is 0.425. The molecule has 3 aromatic rings. The Morgan fingerprint density at radius 3 is 2.62 bits per heavy atom. The van der Waals surface area contributed by atoms with Gasteiger partial charge in [0.1, 0.15) is 5.75 Å². The summed E-state index contributed by atoms with van der Waals surface area (Å²) in [5.74, 6) is 1.89. The van der Waals surface area contributed by atoms with Crippen LogP contribution in [0, 0.1) is 6.57 Å². The number of aromatic nitrogens is 2. The standard InChI is InChI=1S/C23H24ClN5O3/c1-25-16-4-5-17-18(12-16)21(26-13-15-3-6-20(32-2)19(24)11-15)27-28-22(17)29-9-7-23(31,14-30)8-10-29/h3-6,11-12,30-31H,7-10,13-14H2,2H3,(H,26,27). The molecule has 0 saturated carbocycles. The number of nitrogens with zero attached hydrogens (tertiary/aromatic N) is 4. The topological polar surface area (TPSA) is 95.1 Å². The molecule has 0 aliphatic carbocycles. The van der Waals surface area contributed by atoms with Gasteiger partial charge in [-0.15, -0.1) is 10.2 Å². The van der Waals surface area contributed by atoms with Crippen LogP contribution in [0.3, 0.4) is 0 Å². The molecule has 3 N–H and O–H groups in total. The minimum absolute atomic E-state index is 0.250. The number of piperidine rings is 1. The Kier molecular flexibility index (Phi) is 6.33. The second-order valence-corrected chi connectivity index (χ2v) is 8.31. The molecule has 0 atom stereocenters. The molecule has 1 aromatic heterocycles. The van der Waals surface area contributed by atoms with E-state index in [1.54, 1.807) is 19.2 Å². The zero-order valence-corrected chi connectivity index (χ0v) is 18.4. The predicted octanol–water partition coefficient (Wildman–Crippen LogP) is 3.78. The van der Waals surface area contributed by atoms with Gasteiger partial charge in [0.25, 0.3) is 0 Å². The number of rotatable bonds is 6. The molecule has 1 fully saturated rings. The zero-order chi connectivity index (χ0) is 22.7. The van der Waals surface area contributed by atoms with Crippen LogP contribution in [0.5, 0.6) is 5.75 Å². The molecule has 0 amide bonds. The average molecular weight is 454 g/mol. The maximum atomic E-state index is 10.3. The normalized spacial score (nSPS) is 15.4. The molecule has 0 spiro atoms. The quantitative estimate of drug-likeness (QED) is 0.489. The molecule has 2 heterocycles. The molecule has 1 aliphatic heterocycles. The van der Waals surface area contributed by atoms with Gasteiger partial charge in [-0.3, -0.25) is 0 Å². The molecule has 166 valence electrons. The monoisotopic (exact) mass is 453 g/mol. The van der Waals surface area contributed by atoms with Crippen LogP contribution in [-0.2, 0) is 6.54 Å². The van der Waals surface area contributed by atoms with Gasteiger partial charge in [0.15, 0.2) is 17.3 Å². The molecule has 4 rings (SSSR count). The van der Waals surface area contributed by atoms with Gasteiger partial charge < -0.3 is 25.2 Å². The second-order valence-electron chi connectivity index (χ2n) is 7.91. The summed E-state index contributed by atoms with van der Waals surface area (Å²) in [6.07, 6.45) is 0.899. The van der Waals surface area contributed by atoms with E-state index in [9.17, 15) is 10.2 Å². The Balaban J connectivity index is 1.63. The summed E-state index contributed by atoms with van der Waals surface area (Å²) in [4.78, 5) is 5.61.